The van der Waals surface area contributed by atoms with E-state index < -0.39 is 169 Å². The molecule has 3 saturated carbocycles. The van der Waals surface area contributed by atoms with E-state index in [9.17, 15) is 57.4 Å². The first kappa shape index (κ1) is 62.1. The van der Waals surface area contributed by atoms with E-state index in [0.717, 1.165) is 29.2 Å². The number of ketones is 2. The van der Waals surface area contributed by atoms with Gasteiger partial charge in [0, 0.05) is 59.8 Å². The zero-order chi connectivity index (χ0) is 61.7. The molecule has 25 heteroatoms. The number of ether oxygens (including phenoxy) is 4. The highest BCUT2D eigenvalue weighted by molar-refractivity contribution is 6.28. The maximum Gasteiger partial charge on any atom is 0.303 e. The predicted octanol–water partition coefficient (Wildman–Crippen LogP) is 2.95. The topological polar surface area (TPSA) is 311 Å². The fourth-order valence-electron chi connectivity index (χ4n) is 13.1. The second-order valence-electron chi connectivity index (χ2n) is 22.5. The van der Waals surface area contributed by atoms with Crippen molar-refractivity contribution in [3.8, 4) is 5.75 Å². The number of nitrogens with zero attached hydrogens (tertiary/aromatic N) is 1. The number of carbonyl (C=O) groups is 10. The first-order valence-corrected chi connectivity index (χ1v) is 28.1. The molecule has 0 bridgehead atoms. The van der Waals surface area contributed by atoms with Gasteiger partial charge in [0.25, 0.3) is 11.8 Å². The molecule has 9 rings (SSSR count). The number of aliphatic carboxylic acids is 1. The maximum absolute atomic E-state index is 18.0. The van der Waals surface area contributed by atoms with Crippen molar-refractivity contribution in [1.82, 2.24) is 26.6 Å². The average molecular weight is 1200 g/mol. The fourth-order valence-corrected chi connectivity index (χ4v) is 13.1. The van der Waals surface area contributed by atoms with E-state index >= 15 is 8.78 Å². The van der Waals surface area contributed by atoms with Gasteiger partial charge in [-0.05, 0) is 92.0 Å². The number of aliphatic hydroxyl groups excluding tert-OH is 1. The number of imide groups is 1. The number of carboxylic acid groups (broad SMARTS) is 1. The summed E-state index contributed by atoms with van der Waals surface area (Å²) in [6, 6.07) is 17.1. The number of carboxylic acids is 1. The lowest BCUT2D eigenvalue weighted by molar-refractivity contribution is -0.235. The van der Waals surface area contributed by atoms with Crippen molar-refractivity contribution in [3.63, 3.8) is 0 Å². The lowest BCUT2D eigenvalue weighted by Crippen LogP contribution is -2.70. The summed E-state index contributed by atoms with van der Waals surface area (Å²) in [6.45, 7) is 0.0131. The Hall–Kier alpha value is -8.39. The van der Waals surface area contributed by atoms with E-state index in [2.05, 4.69) is 26.6 Å². The number of amides is 7. The van der Waals surface area contributed by atoms with Crippen molar-refractivity contribution in [2.45, 2.75) is 107 Å². The molecule has 0 aromatic heterocycles. The number of nitrogens with one attached hydrogen (secondary N) is 5. The number of allylic oxidation sites excluding steroid dienone is 4. The monoisotopic (exact) mass is 1190 g/mol. The van der Waals surface area contributed by atoms with Crippen LogP contribution in [0.15, 0.2) is 109 Å². The molecule has 0 unspecified atom stereocenters. The molecule has 1 saturated heterocycles. The Kier molecular flexibility index (Phi) is 18.6. The molecule has 86 heavy (non-hydrogen) atoms. The van der Waals surface area contributed by atoms with E-state index in [0.29, 0.717) is 11.1 Å². The normalized spacial score (nSPS) is 28.0. The van der Waals surface area contributed by atoms with E-state index in [4.69, 9.17) is 24.1 Å². The smallest absolute Gasteiger partial charge is 0.303 e. The van der Waals surface area contributed by atoms with Gasteiger partial charge < -0.3 is 55.7 Å². The Morgan fingerprint density at radius 3 is 2.26 bits per heavy atom. The molecule has 11 atom stereocenters. The van der Waals surface area contributed by atoms with Crippen molar-refractivity contribution in [1.29, 1.82) is 0 Å². The molecule has 2 heterocycles. The number of carbonyl (C=O) groups excluding carboxylic acids is 9. The summed E-state index contributed by atoms with van der Waals surface area (Å²) in [6.07, 6.45) is -1.09. The number of aryl methyl sites for hydroxylation is 1. The number of halogens is 3. The van der Waals surface area contributed by atoms with Crippen molar-refractivity contribution in [2.24, 2.45) is 22.7 Å². The van der Waals surface area contributed by atoms with Gasteiger partial charge in [-0.25, -0.2) is 18.1 Å². The van der Waals surface area contributed by atoms with Crippen LogP contribution in [0.2, 0.25) is 0 Å². The summed E-state index contributed by atoms with van der Waals surface area (Å²) in [5.74, 6) is -9.46. The second kappa shape index (κ2) is 25.7. The minimum absolute atomic E-state index is 0.0135. The lowest BCUT2D eigenvalue weighted by Gasteiger charge is -2.63. The molecular formula is C61H65F3N6O16. The van der Waals surface area contributed by atoms with Crippen molar-refractivity contribution < 1.29 is 90.3 Å². The molecule has 22 nitrogen and oxygen atoms in total. The maximum atomic E-state index is 18.0. The highest BCUT2D eigenvalue weighted by Gasteiger charge is 2.80. The molecule has 4 fully saturated rings. The number of fused-ring (bicyclic) bond motifs is 7. The second-order valence-corrected chi connectivity index (χ2v) is 22.5. The van der Waals surface area contributed by atoms with Gasteiger partial charge in [0.15, 0.2) is 29.1 Å². The van der Waals surface area contributed by atoms with Gasteiger partial charge in [0.1, 0.15) is 37.1 Å². The van der Waals surface area contributed by atoms with Crippen LogP contribution < -0.4 is 36.2 Å². The van der Waals surface area contributed by atoms with Gasteiger partial charge in [-0.3, -0.25) is 47.9 Å². The third-order valence-corrected chi connectivity index (χ3v) is 17.3. The van der Waals surface area contributed by atoms with Gasteiger partial charge in [-0.15, -0.1) is 0 Å². The van der Waals surface area contributed by atoms with Gasteiger partial charge >= 0.3 is 5.97 Å². The van der Waals surface area contributed by atoms with Crippen LogP contribution in [-0.2, 0) is 75.0 Å². The largest absolute Gasteiger partial charge is 0.493 e. The molecule has 0 spiro atoms. The molecule has 2 aliphatic heterocycles. The number of Topliss-reactive ketones (excluding diaryl/α,β-unsaturated/α-hetero) is 1. The first-order valence-electron chi connectivity index (χ1n) is 28.1. The Morgan fingerprint density at radius 2 is 1.52 bits per heavy atom. The number of rotatable bonds is 25. The number of hydrogen-bond acceptors (Lipinski definition) is 15. The summed E-state index contributed by atoms with van der Waals surface area (Å²) in [7, 11) is 0. The molecule has 456 valence electrons. The molecule has 3 aromatic rings. The molecule has 7 amide bonds. The van der Waals surface area contributed by atoms with Crippen LogP contribution in [0.4, 0.5) is 18.9 Å². The Morgan fingerprint density at radius 1 is 0.814 bits per heavy atom. The zero-order valence-electron chi connectivity index (χ0n) is 46.9. The standard InChI is InChI=1S/C61H65F3N6O16/c1-58-20-19-39(71)25-42(58)43(63)26-41-40-27-48-61(59(40,2)28-46(72)60(41,58)64,86-57(85-48)36-10-6-11-37(62)23-36)47(73)32-83-33-68-51(76)30-67-56(82)44(22-34-8-4-3-5-9-34)69-52(77)31-66-50(75)29-65-49(74)16-14-35-13-15-38(70-53(78)17-18-54(70)79)24-45(35)84-21-7-12-55(80)81/h3-6,8-11,13,15,17-20,23-25,40-41,43-44,46,48,57,72H,7,12,14,16,21-22,26-33H2,1-2H3,(H,65,74)(H,66,75)(H,67,82)(H,68,76)(H,69,77)(H,80,81)/t40-,41-,43-,44-,46-,48+,57+,58-,59-,60-,61+/m0/s1. The van der Waals surface area contributed by atoms with Crippen LogP contribution in [0.5, 0.6) is 5.75 Å². The summed E-state index contributed by atoms with van der Waals surface area (Å²) in [5, 5.41) is 33.3. The van der Waals surface area contributed by atoms with Crippen LogP contribution in [0, 0.1) is 28.5 Å². The molecule has 7 N–H and O–H groups in total. The average Bonchev–Trinajstić information content (AvgIpc) is 1.39. The van der Waals surface area contributed by atoms with Gasteiger partial charge in [0.2, 0.25) is 29.5 Å². The van der Waals surface area contributed by atoms with E-state index in [-0.39, 0.29) is 74.1 Å². The van der Waals surface area contributed by atoms with Crippen molar-refractivity contribution in [2.75, 3.05) is 44.5 Å². The van der Waals surface area contributed by atoms with Gasteiger partial charge in [-0.2, -0.15) is 0 Å². The van der Waals surface area contributed by atoms with Crippen molar-refractivity contribution in [3.05, 3.63) is 131 Å². The lowest BCUT2D eigenvalue weighted by atomic mass is 9.44. The van der Waals surface area contributed by atoms with Gasteiger partial charge in [-0.1, -0.05) is 61.5 Å². The number of aliphatic hydroxyl groups is 1. The summed E-state index contributed by atoms with van der Waals surface area (Å²) in [4.78, 5) is 129. The van der Waals surface area contributed by atoms with E-state index in [1.807, 2.05) is 0 Å². The fraction of sp³-hybridized carbons (Fsp3) is 0.443. The molecule has 0 radical (unpaired) electrons. The highest BCUT2D eigenvalue weighted by Crippen LogP contribution is 2.72. The van der Waals surface area contributed by atoms with Crippen LogP contribution in [0.25, 0.3) is 0 Å². The quantitative estimate of drug-likeness (QED) is 0.0364. The summed E-state index contributed by atoms with van der Waals surface area (Å²) in [5.41, 5.74) is -6.07. The van der Waals surface area contributed by atoms with E-state index in [1.54, 1.807) is 43.3 Å². The first-order chi connectivity index (χ1) is 41.0. The number of hydrogen-bond donors (Lipinski definition) is 7. The predicted molar refractivity (Wildman–Crippen MR) is 296 cm³/mol. The minimum Gasteiger partial charge on any atom is -0.493 e. The third-order valence-electron chi connectivity index (χ3n) is 17.3. The Balaban J connectivity index is 0.763. The van der Waals surface area contributed by atoms with Crippen LogP contribution >= 0.6 is 0 Å². The highest BCUT2D eigenvalue weighted by atomic mass is 19.1. The molecule has 4 aliphatic carbocycles. The van der Waals surface area contributed by atoms with Crippen LogP contribution in [0.1, 0.15) is 75.4 Å². The molecule has 3 aromatic carbocycles. The molecular weight excluding hydrogens is 1130 g/mol. The Bertz CT molecular complexity index is 3290. The SMILES string of the molecule is C[C@]12C=CC(=O)C=C1[C@@H](F)C[C@H]1[C@@H]3C[C@H]4O[C@@H](c5cccc(F)c5)O[C@@]4(C(=O)COCNC(=O)CNC(=O)[C@H](Cc4ccccc4)NC(=O)CNC(=O)CNC(=O)CCc4ccc(N5C(=O)C=CC5=O)cc4OCCCC(=O)O)[C@@]3(C)C[C@H](O)[C@@]12F. The zero-order valence-corrected chi connectivity index (χ0v) is 46.9. The van der Waals surface area contributed by atoms with Crippen LogP contribution in [-0.4, -0.2) is 144 Å². The van der Waals surface area contributed by atoms with Crippen molar-refractivity contribution >= 4 is 64.6 Å². The third kappa shape index (κ3) is 12.5. The number of anilines is 1. The summed E-state index contributed by atoms with van der Waals surface area (Å²) >= 11 is 0. The van der Waals surface area contributed by atoms with Crippen LogP contribution in [0.3, 0.4) is 0 Å². The number of benzene rings is 3. The minimum atomic E-state index is -2.47. The van der Waals surface area contributed by atoms with Gasteiger partial charge in [0.05, 0.1) is 44.1 Å². The number of alkyl halides is 2. The Labute approximate surface area is 491 Å². The summed E-state index contributed by atoms with van der Waals surface area (Å²) < 4.78 is 73.2. The van der Waals surface area contributed by atoms with E-state index in [1.165, 1.54) is 49.4 Å². The molecule has 6 aliphatic rings.